The van der Waals surface area contributed by atoms with Crippen molar-refractivity contribution in [2.75, 3.05) is 18.6 Å². The number of carbonyl (C=O) groups excluding carboxylic acids is 1. The van der Waals surface area contributed by atoms with Gasteiger partial charge in [-0.3, -0.25) is 4.79 Å². The lowest BCUT2D eigenvalue weighted by Gasteiger charge is -2.20. The summed E-state index contributed by atoms with van der Waals surface area (Å²) in [7, 11) is -1.32. The Labute approximate surface area is 136 Å². The highest BCUT2D eigenvalue weighted by Crippen LogP contribution is 2.28. The predicted molar refractivity (Wildman–Crippen MR) is 88.8 cm³/mol. The van der Waals surface area contributed by atoms with Gasteiger partial charge in [0.1, 0.15) is 11.3 Å². The van der Waals surface area contributed by atoms with Crippen LogP contribution in [-0.4, -0.2) is 37.8 Å². The van der Waals surface area contributed by atoms with Gasteiger partial charge in [-0.25, -0.2) is 8.42 Å². The highest BCUT2D eigenvalue weighted by atomic mass is 32.2. The normalized spacial score (nSPS) is 20.0. The van der Waals surface area contributed by atoms with Gasteiger partial charge in [0.2, 0.25) is 5.91 Å². The molecule has 1 saturated heterocycles. The Morgan fingerprint density at radius 1 is 1.35 bits per heavy atom. The molecule has 5 nitrogen and oxygen atoms in total. The first-order valence-electron chi connectivity index (χ1n) is 7.86. The summed E-state index contributed by atoms with van der Waals surface area (Å²) in [6, 6.07) is 7.79. The number of aryl methyl sites for hydroxylation is 1. The van der Waals surface area contributed by atoms with Crippen molar-refractivity contribution in [3.8, 4) is 0 Å². The maximum Gasteiger partial charge on any atom is 0.226 e. The van der Waals surface area contributed by atoms with Crippen molar-refractivity contribution in [2.24, 2.45) is 5.92 Å². The molecule has 0 aliphatic carbocycles. The second-order valence-corrected chi connectivity index (χ2v) is 8.38. The fourth-order valence-corrected chi connectivity index (χ4v) is 4.96. The van der Waals surface area contributed by atoms with Crippen molar-refractivity contribution < 1.29 is 17.6 Å². The highest BCUT2D eigenvalue weighted by molar-refractivity contribution is 7.91. The van der Waals surface area contributed by atoms with Crippen LogP contribution in [0.1, 0.15) is 24.7 Å². The topological polar surface area (TPSA) is 67.6 Å². The van der Waals surface area contributed by atoms with Crippen molar-refractivity contribution in [3.63, 3.8) is 0 Å². The summed E-state index contributed by atoms with van der Waals surface area (Å²) < 4.78 is 29.0. The standard InChI is InChI=1S/C17H21NO4S/c1-3-15-14(13-6-4-5-7-16(13)22-15)10-18(2)17(19)12-8-9-23(20,21)11-12/h4-7,12H,3,8-11H2,1-2H3. The molecule has 1 unspecified atom stereocenters. The van der Waals surface area contributed by atoms with E-state index >= 15 is 0 Å². The average Bonchev–Trinajstić information content (AvgIpc) is 3.07. The first-order chi connectivity index (χ1) is 10.9. The quantitative estimate of drug-likeness (QED) is 0.860. The molecule has 1 aliphatic heterocycles. The Bertz CT molecular complexity index is 837. The minimum atomic E-state index is -3.05. The Morgan fingerprint density at radius 3 is 2.74 bits per heavy atom. The van der Waals surface area contributed by atoms with Crippen LogP contribution in [0.3, 0.4) is 0 Å². The van der Waals surface area contributed by atoms with Gasteiger partial charge >= 0.3 is 0 Å². The van der Waals surface area contributed by atoms with Gasteiger partial charge in [0, 0.05) is 31.0 Å². The van der Waals surface area contributed by atoms with Gasteiger partial charge in [-0.05, 0) is 12.5 Å². The summed E-state index contributed by atoms with van der Waals surface area (Å²) in [5.41, 5.74) is 1.84. The first-order valence-corrected chi connectivity index (χ1v) is 9.68. The molecule has 0 radical (unpaired) electrons. The second kappa shape index (κ2) is 6.00. The van der Waals surface area contributed by atoms with E-state index in [2.05, 4.69) is 0 Å². The van der Waals surface area contributed by atoms with Crippen LogP contribution in [0.15, 0.2) is 28.7 Å². The van der Waals surface area contributed by atoms with Crippen LogP contribution < -0.4 is 0 Å². The lowest BCUT2D eigenvalue weighted by Crippen LogP contribution is -2.33. The third-order valence-corrected chi connectivity index (χ3v) is 6.22. The van der Waals surface area contributed by atoms with Crippen LogP contribution in [0.4, 0.5) is 0 Å². The van der Waals surface area contributed by atoms with Crippen molar-refractivity contribution in [2.45, 2.75) is 26.3 Å². The van der Waals surface area contributed by atoms with E-state index in [4.69, 9.17) is 4.42 Å². The molecule has 1 aromatic heterocycles. The number of hydrogen-bond acceptors (Lipinski definition) is 4. The van der Waals surface area contributed by atoms with Gasteiger partial charge < -0.3 is 9.32 Å². The minimum Gasteiger partial charge on any atom is -0.461 e. The lowest BCUT2D eigenvalue weighted by atomic mass is 10.1. The largest absolute Gasteiger partial charge is 0.461 e. The molecule has 0 saturated carbocycles. The minimum absolute atomic E-state index is 0.0249. The molecule has 1 aliphatic rings. The van der Waals surface area contributed by atoms with Crippen molar-refractivity contribution in [1.29, 1.82) is 0 Å². The van der Waals surface area contributed by atoms with Crippen molar-refractivity contribution in [3.05, 3.63) is 35.6 Å². The molecule has 0 N–H and O–H groups in total. The fraction of sp³-hybridized carbons (Fsp3) is 0.471. The SMILES string of the molecule is CCc1oc2ccccc2c1CN(C)C(=O)C1CCS(=O)(=O)C1. The molecule has 0 spiro atoms. The highest BCUT2D eigenvalue weighted by Gasteiger charge is 2.34. The molecule has 23 heavy (non-hydrogen) atoms. The molecule has 2 aromatic rings. The van der Waals surface area contributed by atoms with Gasteiger partial charge in [0.15, 0.2) is 9.84 Å². The molecule has 1 aromatic carbocycles. The molecular formula is C17H21NO4S. The van der Waals surface area contributed by atoms with Crippen LogP contribution in [0.25, 0.3) is 11.0 Å². The third-order valence-electron chi connectivity index (χ3n) is 4.46. The van der Waals surface area contributed by atoms with Gasteiger partial charge in [0.05, 0.1) is 17.4 Å². The Hall–Kier alpha value is -1.82. The average molecular weight is 335 g/mol. The van der Waals surface area contributed by atoms with E-state index in [1.807, 2.05) is 31.2 Å². The molecule has 1 fully saturated rings. The number of para-hydroxylation sites is 1. The monoisotopic (exact) mass is 335 g/mol. The van der Waals surface area contributed by atoms with Gasteiger partial charge in [-0.1, -0.05) is 25.1 Å². The summed E-state index contributed by atoms with van der Waals surface area (Å²) in [4.78, 5) is 14.2. The predicted octanol–water partition coefficient (Wildman–Crippen LogP) is 2.39. The Balaban J connectivity index is 1.83. The van der Waals surface area contributed by atoms with E-state index in [0.717, 1.165) is 28.7 Å². The van der Waals surface area contributed by atoms with E-state index in [-0.39, 0.29) is 17.4 Å². The summed E-state index contributed by atoms with van der Waals surface area (Å²) >= 11 is 0. The van der Waals surface area contributed by atoms with Crippen LogP contribution in [0.2, 0.25) is 0 Å². The number of amides is 1. The molecule has 124 valence electrons. The number of hydrogen-bond donors (Lipinski definition) is 0. The molecule has 1 amide bonds. The van der Waals surface area contributed by atoms with Gasteiger partial charge in [-0.2, -0.15) is 0 Å². The zero-order valence-corrected chi connectivity index (χ0v) is 14.2. The first kappa shape index (κ1) is 16.1. The summed E-state index contributed by atoms with van der Waals surface area (Å²) in [5, 5.41) is 1.02. The maximum atomic E-state index is 12.5. The van der Waals surface area contributed by atoms with Crippen LogP contribution in [0.5, 0.6) is 0 Å². The Morgan fingerprint density at radius 2 is 2.09 bits per heavy atom. The molecule has 6 heteroatoms. The summed E-state index contributed by atoms with van der Waals surface area (Å²) in [6.45, 7) is 2.46. The fourth-order valence-electron chi connectivity index (χ4n) is 3.22. The molecule has 2 heterocycles. The number of rotatable bonds is 4. The third kappa shape index (κ3) is 3.13. The van der Waals surface area contributed by atoms with E-state index in [0.29, 0.717) is 13.0 Å². The van der Waals surface area contributed by atoms with Crippen LogP contribution in [-0.2, 0) is 27.6 Å². The second-order valence-electron chi connectivity index (χ2n) is 6.15. The number of sulfone groups is 1. The zero-order chi connectivity index (χ0) is 16.6. The van der Waals surface area contributed by atoms with Gasteiger partial charge in [0.25, 0.3) is 0 Å². The summed E-state index contributed by atoms with van der Waals surface area (Å²) in [5.74, 6) is 0.464. The number of fused-ring (bicyclic) bond motifs is 1. The Kier molecular flexibility index (Phi) is 4.19. The van der Waals surface area contributed by atoms with Gasteiger partial charge in [-0.15, -0.1) is 0 Å². The molecule has 3 rings (SSSR count). The van der Waals surface area contributed by atoms with Crippen molar-refractivity contribution in [1.82, 2.24) is 4.90 Å². The summed E-state index contributed by atoms with van der Waals surface area (Å²) in [6.07, 6.45) is 1.18. The number of furan rings is 1. The van der Waals surface area contributed by atoms with E-state index < -0.39 is 15.8 Å². The molecule has 1 atom stereocenters. The van der Waals surface area contributed by atoms with E-state index in [1.165, 1.54) is 0 Å². The maximum absolute atomic E-state index is 12.5. The number of benzene rings is 1. The number of nitrogens with zero attached hydrogens (tertiary/aromatic N) is 1. The van der Waals surface area contributed by atoms with Crippen LogP contribution in [0, 0.1) is 5.92 Å². The molecule has 0 bridgehead atoms. The molecular weight excluding hydrogens is 314 g/mol. The van der Waals surface area contributed by atoms with Crippen molar-refractivity contribution >= 4 is 26.7 Å². The smallest absolute Gasteiger partial charge is 0.226 e. The number of carbonyl (C=O) groups is 1. The van der Waals surface area contributed by atoms with Crippen LogP contribution >= 0.6 is 0 Å². The lowest BCUT2D eigenvalue weighted by molar-refractivity contribution is -0.133. The van der Waals surface area contributed by atoms with E-state index in [1.54, 1.807) is 11.9 Å². The van der Waals surface area contributed by atoms with E-state index in [9.17, 15) is 13.2 Å². The zero-order valence-electron chi connectivity index (χ0n) is 13.4.